The Balaban J connectivity index is 1.63. The van der Waals surface area contributed by atoms with E-state index in [0.717, 1.165) is 6.42 Å². The van der Waals surface area contributed by atoms with Crippen LogP contribution in [0.15, 0.2) is 72.8 Å². The summed E-state index contributed by atoms with van der Waals surface area (Å²) >= 11 is 0. The van der Waals surface area contributed by atoms with Gasteiger partial charge in [0, 0.05) is 23.7 Å². The van der Waals surface area contributed by atoms with Crippen LogP contribution in [-0.2, 0) is 6.42 Å². The maximum atomic E-state index is 12.6. The van der Waals surface area contributed by atoms with Crippen LogP contribution >= 0.6 is 0 Å². The van der Waals surface area contributed by atoms with Gasteiger partial charge in [-0.15, -0.1) is 0 Å². The van der Waals surface area contributed by atoms with Gasteiger partial charge in [0.25, 0.3) is 5.91 Å². The van der Waals surface area contributed by atoms with Gasteiger partial charge in [0.1, 0.15) is 11.5 Å². The average molecular weight is 362 g/mol. The minimum absolute atomic E-state index is 0.244. The zero-order valence-corrected chi connectivity index (χ0v) is 15.1. The summed E-state index contributed by atoms with van der Waals surface area (Å²) in [5.41, 5.74) is 8.59. The third-order valence-electron chi connectivity index (χ3n) is 4.07. The van der Waals surface area contributed by atoms with Gasteiger partial charge in [0.15, 0.2) is 0 Å². The highest BCUT2D eigenvalue weighted by Crippen LogP contribution is 2.27. The maximum absolute atomic E-state index is 12.6. The fraction of sp³-hybridized carbons (Fsp3) is 0.136. The molecule has 138 valence electrons. The summed E-state index contributed by atoms with van der Waals surface area (Å²) in [6.45, 7) is 0.543. The number of benzene rings is 3. The number of rotatable bonds is 7. The van der Waals surface area contributed by atoms with Gasteiger partial charge in [-0.05, 0) is 35.9 Å². The molecule has 0 saturated carbocycles. The molecule has 0 spiro atoms. The highest BCUT2D eigenvalue weighted by atomic mass is 16.5. The Morgan fingerprint density at radius 1 is 1.00 bits per heavy atom. The molecule has 0 aliphatic carbocycles. The lowest BCUT2D eigenvalue weighted by molar-refractivity contribution is 0.102. The minimum Gasteiger partial charge on any atom is -0.494 e. The summed E-state index contributed by atoms with van der Waals surface area (Å²) in [4.78, 5) is 12.6. The first-order valence-corrected chi connectivity index (χ1v) is 8.67. The molecule has 5 heteroatoms. The molecule has 0 unspecified atom stereocenters. The Hall–Kier alpha value is -3.47. The van der Waals surface area contributed by atoms with Crippen LogP contribution in [0, 0.1) is 0 Å². The van der Waals surface area contributed by atoms with Gasteiger partial charge in [-0.3, -0.25) is 4.79 Å². The van der Waals surface area contributed by atoms with Gasteiger partial charge in [0.2, 0.25) is 0 Å². The van der Waals surface area contributed by atoms with Crippen molar-refractivity contribution in [2.75, 3.05) is 24.8 Å². The third-order valence-corrected chi connectivity index (χ3v) is 4.07. The molecule has 3 rings (SSSR count). The predicted octanol–water partition coefficient (Wildman–Crippen LogP) is 4.15. The summed E-state index contributed by atoms with van der Waals surface area (Å²) < 4.78 is 11.1. The standard InChI is InChI=1S/C22H22N2O3/c1-26-21-15-18(23)10-11-20(21)24-22(25)17-8-5-9-19(14-17)27-13-12-16-6-3-2-4-7-16/h2-11,14-15H,12-13,23H2,1H3,(H,24,25). The van der Waals surface area contributed by atoms with Crippen molar-refractivity contribution in [3.63, 3.8) is 0 Å². The molecule has 27 heavy (non-hydrogen) atoms. The fourth-order valence-corrected chi connectivity index (χ4v) is 2.66. The number of nitrogen functional groups attached to an aromatic ring is 1. The molecule has 0 heterocycles. The molecule has 0 bridgehead atoms. The van der Waals surface area contributed by atoms with E-state index in [1.165, 1.54) is 12.7 Å². The van der Waals surface area contributed by atoms with E-state index < -0.39 is 0 Å². The van der Waals surface area contributed by atoms with Crippen molar-refractivity contribution in [1.29, 1.82) is 0 Å². The number of hydrogen-bond donors (Lipinski definition) is 2. The van der Waals surface area contributed by atoms with Gasteiger partial charge in [0.05, 0.1) is 19.4 Å². The van der Waals surface area contributed by atoms with Gasteiger partial charge < -0.3 is 20.5 Å². The van der Waals surface area contributed by atoms with Crippen molar-refractivity contribution in [3.8, 4) is 11.5 Å². The predicted molar refractivity (Wildman–Crippen MR) is 107 cm³/mol. The van der Waals surface area contributed by atoms with E-state index in [9.17, 15) is 4.79 Å². The number of nitrogens with two attached hydrogens (primary N) is 1. The molecule has 0 atom stereocenters. The van der Waals surface area contributed by atoms with E-state index in [1.807, 2.05) is 24.3 Å². The lowest BCUT2D eigenvalue weighted by Gasteiger charge is -2.12. The zero-order chi connectivity index (χ0) is 19.1. The summed E-state index contributed by atoms with van der Waals surface area (Å²) in [5.74, 6) is 0.924. The van der Waals surface area contributed by atoms with E-state index in [-0.39, 0.29) is 5.91 Å². The monoisotopic (exact) mass is 362 g/mol. The highest BCUT2D eigenvalue weighted by molar-refractivity contribution is 6.05. The van der Waals surface area contributed by atoms with Crippen molar-refractivity contribution < 1.29 is 14.3 Å². The molecule has 0 radical (unpaired) electrons. The minimum atomic E-state index is -0.244. The molecule has 0 aromatic heterocycles. The van der Waals surface area contributed by atoms with Gasteiger partial charge in [-0.25, -0.2) is 0 Å². The molecule has 0 fully saturated rings. The van der Waals surface area contributed by atoms with E-state index in [2.05, 4.69) is 17.4 Å². The number of anilines is 2. The number of ether oxygens (including phenoxy) is 2. The van der Waals surface area contributed by atoms with Gasteiger partial charge >= 0.3 is 0 Å². The van der Waals surface area contributed by atoms with Crippen molar-refractivity contribution in [1.82, 2.24) is 0 Å². The molecular formula is C22H22N2O3. The Bertz CT molecular complexity index is 910. The fourth-order valence-electron chi connectivity index (χ4n) is 2.66. The summed E-state index contributed by atoms with van der Waals surface area (Å²) in [5, 5.41) is 2.84. The number of carbonyl (C=O) groups is 1. The second kappa shape index (κ2) is 8.76. The van der Waals surface area contributed by atoms with Crippen LogP contribution in [-0.4, -0.2) is 19.6 Å². The average Bonchev–Trinajstić information content (AvgIpc) is 2.70. The molecule has 0 aliphatic heterocycles. The number of amides is 1. The van der Waals surface area contributed by atoms with Crippen LogP contribution in [0.1, 0.15) is 15.9 Å². The van der Waals surface area contributed by atoms with Crippen LogP contribution < -0.4 is 20.5 Å². The smallest absolute Gasteiger partial charge is 0.255 e. The normalized spacial score (nSPS) is 10.3. The lowest BCUT2D eigenvalue weighted by atomic mass is 10.1. The largest absolute Gasteiger partial charge is 0.494 e. The molecule has 0 aliphatic rings. The molecule has 1 amide bonds. The Morgan fingerprint density at radius 3 is 2.59 bits per heavy atom. The summed E-state index contributed by atoms with van der Waals surface area (Å²) in [7, 11) is 1.53. The molecule has 3 N–H and O–H groups in total. The highest BCUT2D eigenvalue weighted by Gasteiger charge is 2.11. The molecular weight excluding hydrogens is 340 g/mol. The van der Waals surface area contributed by atoms with Crippen LogP contribution in [0.2, 0.25) is 0 Å². The lowest BCUT2D eigenvalue weighted by Crippen LogP contribution is -2.13. The zero-order valence-electron chi connectivity index (χ0n) is 15.1. The van der Waals surface area contributed by atoms with Crippen molar-refractivity contribution in [2.45, 2.75) is 6.42 Å². The number of methoxy groups -OCH3 is 1. The molecule has 3 aromatic rings. The third kappa shape index (κ3) is 5.01. The van der Waals surface area contributed by atoms with E-state index in [0.29, 0.717) is 35.0 Å². The van der Waals surface area contributed by atoms with Gasteiger partial charge in [-0.2, -0.15) is 0 Å². The number of hydrogen-bond acceptors (Lipinski definition) is 4. The molecule has 0 saturated heterocycles. The first-order valence-electron chi connectivity index (χ1n) is 8.67. The van der Waals surface area contributed by atoms with Crippen LogP contribution in [0.4, 0.5) is 11.4 Å². The van der Waals surface area contributed by atoms with E-state index in [1.54, 1.807) is 36.4 Å². The first-order chi connectivity index (χ1) is 13.2. The second-order valence-corrected chi connectivity index (χ2v) is 6.03. The van der Waals surface area contributed by atoms with Crippen molar-refractivity contribution in [2.24, 2.45) is 0 Å². The van der Waals surface area contributed by atoms with Crippen molar-refractivity contribution in [3.05, 3.63) is 83.9 Å². The van der Waals surface area contributed by atoms with Gasteiger partial charge in [-0.1, -0.05) is 36.4 Å². The number of nitrogens with one attached hydrogen (secondary N) is 1. The Kier molecular flexibility index (Phi) is 5.94. The summed E-state index contributed by atoms with van der Waals surface area (Å²) in [6, 6.07) is 22.3. The van der Waals surface area contributed by atoms with Crippen LogP contribution in [0.25, 0.3) is 0 Å². The van der Waals surface area contributed by atoms with Crippen LogP contribution in [0.3, 0.4) is 0 Å². The molecule has 3 aromatic carbocycles. The SMILES string of the molecule is COc1cc(N)ccc1NC(=O)c1cccc(OCCc2ccccc2)c1. The topological polar surface area (TPSA) is 73.6 Å². The summed E-state index contributed by atoms with van der Waals surface area (Å²) in [6.07, 6.45) is 0.805. The van der Waals surface area contributed by atoms with Crippen LogP contribution in [0.5, 0.6) is 11.5 Å². The first kappa shape index (κ1) is 18.3. The van der Waals surface area contributed by atoms with Crippen molar-refractivity contribution >= 4 is 17.3 Å². The van der Waals surface area contributed by atoms with E-state index in [4.69, 9.17) is 15.2 Å². The quantitative estimate of drug-likeness (QED) is 0.619. The maximum Gasteiger partial charge on any atom is 0.255 e. The van der Waals surface area contributed by atoms with E-state index >= 15 is 0 Å². The Labute approximate surface area is 158 Å². The molecule has 5 nitrogen and oxygen atoms in total. The second-order valence-electron chi connectivity index (χ2n) is 6.03. The Morgan fingerprint density at radius 2 is 1.81 bits per heavy atom. The number of carbonyl (C=O) groups excluding carboxylic acids is 1.